The van der Waals surface area contributed by atoms with Crippen LogP contribution >= 0.6 is 0 Å². The third-order valence-electron chi connectivity index (χ3n) is 5.26. The van der Waals surface area contributed by atoms with E-state index in [1.807, 2.05) is 24.3 Å². The van der Waals surface area contributed by atoms with Gasteiger partial charge < -0.3 is 10.0 Å². The molecule has 3 rings (SSSR count). The zero-order valence-corrected chi connectivity index (χ0v) is 16.0. The molecular weight excluding hydrogens is 336 g/mol. The Labute approximate surface area is 161 Å². The first kappa shape index (κ1) is 19.0. The summed E-state index contributed by atoms with van der Waals surface area (Å²) in [5.41, 5.74) is 5.65. The molecule has 4 heteroatoms. The van der Waals surface area contributed by atoms with E-state index < -0.39 is 6.09 Å². The number of benzene rings is 2. The van der Waals surface area contributed by atoms with E-state index in [2.05, 4.69) is 38.1 Å². The Morgan fingerprint density at radius 2 is 1.93 bits per heavy atom. The molecule has 1 amide bonds. The molecule has 2 aromatic carbocycles. The number of hydrogen-bond acceptors (Lipinski definition) is 2. The minimum absolute atomic E-state index is 0.252. The van der Waals surface area contributed by atoms with Gasteiger partial charge in [-0.3, -0.25) is 0 Å². The highest BCUT2D eigenvalue weighted by Gasteiger charge is 2.26. The number of nitrogens with zero attached hydrogens (tertiary/aromatic N) is 2. The normalized spacial score (nSPS) is 16.5. The Balaban J connectivity index is 1.86. The molecule has 0 bridgehead atoms. The monoisotopic (exact) mass is 362 g/mol. The summed E-state index contributed by atoms with van der Waals surface area (Å²) in [4.78, 5) is 13.1. The van der Waals surface area contributed by atoms with E-state index in [-0.39, 0.29) is 5.92 Å². The predicted octanol–water partition coefficient (Wildman–Crippen LogP) is 4.81. The van der Waals surface area contributed by atoms with E-state index in [1.54, 1.807) is 4.90 Å². The van der Waals surface area contributed by atoms with Gasteiger partial charge in [-0.25, -0.2) is 4.79 Å². The number of carboxylic acid groups (broad SMARTS) is 1. The van der Waals surface area contributed by atoms with E-state index in [9.17, 15) is 9.90 Å². The second-order valence-corrected chi connectivity index (χ2v) is 7.82. The maximum absolute atomic E-state index is 11.6. The van der Waals surface area contributed by atoms with E-state index in [4.69, 9.17) is 5.26 Å². The molecule has 2 aromatic rings. The van der Waals surface area contributed by atoms with Gasteiger partial charge in [0, 0.05) is 19.0 Å². The summed E-state index contributed by atoms with van der Waals surface area (Å²) in [6.45, 7) is 5.51. The largest absolute Gasteiger partial charge is 0.465 e. The number of hydrogen-bond donors (Lipinski definition) is 1. The van der Waals surface area contributed by atoms with Crippen molar-refractivity contribution >= 4 is 6.09 Å². The summed E-state index contributed by atoms with van der Waals surface area (Å²) < 4.78 is 0. The average molecular weight is 362 g/mol. The van der Waals surface area contributed by atoms with Crippen LogP contribution in [0.3, 0.4) is 0 Å². The van der Waals surface area contributed by atoms with E-state index in [1.165, 1.54) is 22.3 Å². The van der Waals surface area contributed by atoms with Gasteiger partial charge in [-0.1, -0.05) is 44.2 Å². The lowest BCUT2D eigenvalue weighted by Gasteiger charge is -2.24. The third-order valence-corrected chi connectivity index (χ3v) is 5.26. The molecule has 1 N–H and O–H groups in total. The molecule has 0 saturated carbocycles. The Kier molecular flexibility index (Phi) is 5.81. The summed E-state index contributed by atoms with van der Waals surface area (Å²) in [5, 5.41) is 18.4. The lowest BCUT2D eigenvalue weighted by atomic mass is 9.86. The quantitative estimate of drug-likeness (QED) is 0.848. The van der Waals surface area contributed by atoms with Crippen molar-refractivity contribution in [1.82, 2.24) is 4.90 Å². The van der Waals surface area contributed by atoms with Gasteiger partial charge in [0.2, 0.25) is 0 Å². The molecule has 4 nitrogen and oxygen atoms in total. The summed E-state index contributed by atoms with van der Waals surface area (Å²) in [6, 6.07) is 16.5. The molecule has 27 heavy (non-hydrogen) atoms. The summed E-state index contributed by atoms with van der Waals surface area (Å²) in [6.07, 6.45) is 1.74. The first-order chi connectivity index (χ1) is 13.0. The maximum atomic E-state index is 11.6. The second kappa shape index (κ2) is 8.26. The van der Waals surface area contributed by atoms with E-state index in [0.717, 1.165) is 19.3 Å². The predicted molar refractivity (Wildman–Crippen MR) is 106 cm³/mol. The van der Waals surface area contributed by atoms with Crippen LogP contribution in [-0.2, 0) is 12.8 Å². The molecule has 0 radical (unpaired) electrons. The van der Waals surface area contributed by atoms with E-state index >= 15 is 0 Å². The molecule has 0 saturated heterocycles. The van der Waals surface area contributed by atoms with Crippen LogP contribution in [0.15, 0.2) is 42.5 Å². The van der Waals surface area contributed by atoms with Crippen molar-refractivity contribution in [3.8, 4) is 6.07 Å². The Bertz CT molecular complexity index is 850. The van der Waals surface area contributed by atoms with Gasteiger partial charge in [0.25, 0.3) is 0 Å². The maximum Gasteiger partial charge on any atom is 0.407 e. The molecule has 1 atom stereocenters. The molecule has 1 unspecified atom stereocenters. The van der Waals surface area contributed by atoms with Gasteiger partial charge in [-0.15, -0.1) is 0 Å². The number of carbonyl (C=O) groups is 1. The fourth-order valence-corrected chi connectivity index (χ4v) is 3.97. The highest BCUT2D eigenvalue weighted by molar-refractivity contribution is 5.65. The van der Waals surface area contributed by atoms with Crippen LogP contribution < -0.4 is 0 Å². The first-order valence-corrected chi connectivity index (χ1v) is 9.55. The van der Waals surface area contributed by atoms with Crippen molar-refractivity contribution in [2.75, 3.05) is 13.1 Å². The first-order valence-electron chi connectivity index (χ1n) is 9.55. The van der Waals surface area contributed by atoms with Gasteiger partial charge in [0.05, 0.1) is 11.6 Å². The van der Waals surface area contributed by atoms with Gasteiger partial charge in [0.15, 0.2) is 0 Å². The van der Waals surface area contributed by atoms with Crippen molar-refractivity contribution < 1.29 is 9.90 Å². The zero-order chi connectivity index (χ0) is 19.4. The highest BCUT2D eigenvalue weighted by Crippen LogP contribution is 2.32. The van der Waals surface area contributed by atoms with Crippen LogP contribution in [0.5, 0.6) is 0 Å². The molecule has 0 spiro atoms. The topological polar surface area (TPSA) is 64.3 Å². The second-order valence-electron chi connectivity index (χ2n) is 7.82. The number of amides is 1. The Morgan fingerprint density at radius 3 is 2.56 bits per heavy atom. The summed E-state index contributed by atoms with van der Waals surface area (Å²) >= 11 is 0. The minimum atomic E-state index is -0.825. The van der Waals surface area contributed by atoms with Crippen LogP contribution in [0.25, 0.3) is 0 Å². The van der Waals surface area contributed by atoms with Crippen molar-refractivity contribution in [3.05, 3.63) is 70.3 Å². The molecule has 0 aliphatic carbocycles. The fraction of sp³-hybridized carbons (Fsp3) is 0.391. The van der Waals surface area contributed by atoms with Gasteiger partial charge in [0.1, 0.15) is 0 Å². The van der Waals surface area contributed by atoms with Crippen LogP contribution in [0.2, 0.25) is 0 Å². The van der Waals surface area contributed by atoms with Crippen LogP contribution in [0.4, 0.5) is 4.79 Å². The van der Waals surface area contributed by atoms with Crippen molar-refractivity contribution in [2.45, 2.75) is 39.0 Å². The van der Waals surface area contributed by atoms with Gasteiger partial charge in [-0.05, 0) is 59.6 Å². The van der Waals surface area contributed by atoms with Crippen LogP contribution in [0, 0.1) is 17.2 Å². The Hall–Kier alpha value is -2.80. The Morgan fingerprint density at radius 1 is 1.22 bits per heavy atom. The molecule has 1 aliphatic rings. The molecule has 1 heterocycles. The molecule has 140 valence electrons. The lowest BCUT2D eigenvalue weighted by Crippen LogP contribution is -2.33. The van der Waals surface area contributed by atoms with Crippen LogP contribution in [-0.4, -0.2) is 29.2 Å². The third kappa shape index (κ3) is 4.68. The molecule has 0 fully saturated rings. The van der Waals surface area contributed by atoms with Crippen molar-refractivity contribution in [1.29, 1.82) is 5.26 Å². The van der Waals surface area contributed by atoms with Crippen molar-refractivity contribution in [3.63, 3.8) is 0 Å². The SMILES string of the molecule is CC(C)CC1CN(C(=O)O)CCc2cc(Cc3ccc(C#N)cc3)ccc21. The summed E-state index contributed by atoms with van der Waals surface area (Å²) in [7, 11) is 0. The standard InChI is InChI=1S/C23H26N2O2/c1-16(2)11-21-15-25(23(26)27)10-9-20-13-19(7-8-22(20)21)12-17-3-5-18(14-24)6-4-17/h3-8,13,16,21H,9-12,15H2,1-2H3,(H,26,27). The smallest absolute Gasteiger partial charge is 0.407 e. The molecule has 0 aromatic heterocycles. The number of fused-ring (bicyclic) bond motifs is 1. The van der Waals surface area contributed by atoms with Gasteiger partial charge >= 0.3 is 6.09 Å². The summed E-state index contributed by atoms with van der Waals surface area (Å²) in [5.74, 6) is 0.775. The average Bonchev–Trinajstić information content (AvgIpc) is 2.81. The molecule has 1 aliphatic heterocycles. The fourth-order valence-electron chi connectivity index (χ4n) is 3.97. The van der Waals surface area contributed by atoms with Gasteiger partial charge in [-0.2, -0.15) is 5.26 Å². The number of rotatable bonds is 4. The van der Waals surface area contributed by atoms with E-state index in [0.29, 0.717) is 24.6 Å². The highest BCUT2D eigenvalue weighted by atomic mass is 16.4. The van der Waals surface area contributed by atoms with Crippen molar-refractivity contribution in [2.24, 2.45) is 5.92 Å². The lowest BCUT2D eigenvalue weighted by molar-refractivity contribution is 0.142. The number of nitriles is 1. The van der Waals surface area contributed by atoms with Crippen LogP contribution in [0.1, 0.15) is 54.0 Å². The molecular formula is C23H26N2O2. The zero-order valence-electron chi connectivity index (χ0n) is 16.0. The minimum Gasteiger partial charge on any atom is -0.465 e.